The molecule has 232 valence electrons. The number of hydrogen-bond donors (Lipinski definition) is 3. The van der Waals surface area contributed by atoms with Crippen LogP contribution in [0.3, 0.4) is 0 Å². The molecule has 0 saturated carbocycles. The molecule has 45 heavy (non-hydrogen) atoms. The molecule has 6 heterocycles. The lowest BCUT2D eigenvalue weighted by molar-refractivity contribution is 0.0613. The zero-order valence-electron chi connectivity index (χ0n) is 25.8. The van der Waals surface area contributed by atoms with E-state index in [2.05, 4.69) is 38.1 Å². The summed E-state index contributed by atoms with van der Waals surface area (Å²) in [5.74, 6) is 0.778. The third-order valence-corrected chi connectivity index (χ3v) is 8.94. The molecule has 2 saturated heterocycles. The number of imidazole rings is 1. The van der Waals surface area contributed by atoms with Gasteiger partial charge in [-0.15, -0.1) is 0 Å². The monoisotopic (exact) mass is 605 g/mol. The van der Waals surface area contributed by atoms with E-state index < -0.39 is 0 Å². The molecular weight excluding hydrogens is 566 g/mol. The molecule has 1 aromatic carbocycles. The van der Waals surface area contributed by atoms with Gasteiger partial charge in [-0.25, -0.2) is 9.97 Å². The Kier molecular flexibility index (Phi) is 8.27. The molecule has 0 aliphatic carbocycles. The average molecular weight is 606 g/mol. The Morgan fingerprint density at radius 3 is 2.47 bits per heavy atom. The molecule has 2 fully saturated rings. The first-order valence-corrected chi connectivity index (χ1v) is 15.8. The predicted octanol–water partition coefficient (Wildman–Crippen LogP) is 4.90. The van der Waals surface area contributed by atoms with Crippen molar-refractivity contribution in [2.75, 3.05) is 36.9 Å². The SMILES string of the molecule is Cc1cc(-c2cncn2C)ncc1-c1cc2cnc(Nc3ccc(NC4CCNCC4)cc3)nc2n(CC2CCOCC2)c1=O. The summed E-state index contributed by atoms with van der Waals surface area (Å²) in [5, 5.41) is 11.2. The number of nitrogens with zero attached hydrogens (tertiary/aromatic N) is 6. The van der Waals surface area contributed by atoms with Crippen LogP contribution in [0.1, 0.15) is 31.2 Å². The number of aryl methyl sites for hydroxylation is 2. The molecule has 3 N–H and O–H groups in total. The number of piperidine rings is 1. The van der Waals surface area contributed by atoms with Crippen molar-refractivity contribution in [2.24, 2.45) is 13.0 Å². The van der Waals surface area contributed by atoms with Crippen LogP contribution >= 0.6 is 0 Å². The van der Waals surface area contributed by atoms with Gasteiger partial charge in [0.2, 0.25) is 5.95 Å². The summed E-state index contributed by atoms with van der Waals surface area (Å²) in [6.45, 7) is 6.10. The maximum Gasteiger partial charge on any atom is 0.260 e. The molecule has 0 bridgehead atoms. The van der Waals surface area contributed by atoms with Crippen LogP contribution in [0, 0.1) is 12.8 Å². The lowest BCUT2D eigenvalue weighted by Gasteiger charge is -2.24. The van der Waals surface area contributed by atoms with Crippen molar-refractivity contribution in [1.29, 1.82) is 0 Å². The van der Waals surface area contributed by atoms with E-state index in [0.717, 1.165) is 78.0 Å². The molecule has 2 aliphatic heterocycles. The second-order valence-electron chi connectivity index (χ2n) is 12.1. The molecule has 2 aliphatic rings. The number of anilines is 3. The van der Waals surface area contributed by atoms with Crippen LogP contribution in [0.4, 0.5) is 17.3 Å². The lowest BCUT2D eigenvalue weighted by atomic mass is 9.99. The largest absolute Gasteiger partial charge is 0.382 e. The van der Waals surface area contributed by atoms with Crippen LogP contribution in [0.2, 0.25) is 0 Å². The number of ether oxygens (including phenoxy) is 1. The van der Waals surface area contributed by atoms with Crippen molar-refractivity contribution in [3.05, 3.63) is 77.2 Å². The second-order valence-corrected chi connectivity index (χ2v) is 12.1. The van der Waals surface area contributed by atoms with Crippen molar-refractivity contribution in [2.45, 2.75) is 45.2 Å². The van der Waals surface area contributed by atoms with Crippen LogP contribution in [-0.2, 0) is 18.3 Å². The van der Waals surface area contributed by atoms with Crippen LogP contribution in [0.15, 0.2) is 66.1 Å². The minimum atomic E-state index is -0.0786. The van der Waals surface area contributed by atoms with E-state index in [1.807, 2.05) is 47.4 Å². The molecule has 5 aromatic rings. The summed E-state index contributed by atoms with van der Waals surface area (Å²) in [5.41, 5.74) is 6.62. The summed E-state index contributed by atoms with van der Waals surface area (Å²) in [4.78, 5) is 32.7. The van der Waals surface area contributed by atoms with Crippen molar-refractivity contribution >= 4 is 28.4 Å². The number of aromatic nitrogens is 6. The number of fused-ring (bicyclic) bond motifs is 1. The fraction of sp³-hybridized carbons (Fsp3) is 0.382. The maximum atomic E-state index is 14.2. The highest BCUT2D eigenvalue weighted by Gasteiger charge is 2.21. The predicted molar refractivity (Wildman–Crippen MR) is 177 cm³/mol. The van der Waals surface area contributed by atoms with Gasteiger partial charge in [-0.05, 0) is 93.6 Å². The second kappa shape index (κ2) is 12.8. The van der Waals surface area contributed by atoms with Gasteiger partial charge >= 0.3 is 0 Å². The maximum absolute atomic E-state index is 14.2. The fourth-order valence-electron chi connectivity index (χ4n) is 6.33. The van der Waals surface area contributed by atoms with Crippen LogP contribution in [0.25, 0.3) is 33.5 Å². The number of nitrogens with one attached hydrogen (secondary N) is 3. The zero-order valence-corrected chi connectivity index (χ0v) is 25.8. The molecular formula is C34H39N9O2. The normalized spacial score (nSPS) is 16.2. The zero-order chi connectivity index (χ0) is 30.8. The third kappa shape index (κ3) is 6.31. The average Bonchev–Trinajstić information content (AvgIpc) is 3.50. The van der Waals surface area contributed by atoms with Gasteiger partial charge < -0.3 is 25.3 Å². The Hall–Kier alpha value is -4.61. The summed E-state index contributed by atoms with van der Waals surface area (Å²) in [6.07, 6.45) is 11.2. The summed E-state index contributed by atoms with van der Waals surface area (Å²) in [6, 6.07) is 12.6. The van der Waals surface area contributed by atoms with E-state index >= 15 is 0 Å². The first-order valence-electron chi connectivity index (χ1n) is 15.8. The quantitative estimate of drug-likeness (QED) is 0.227. The molecule has 11 nitrogen and oxygen atoms in total. The highest BCUT2D eigenvalue weighted by Crippen LogP contribution is 2.28. The van der Waals surface area contributed by atoms with Crippen LogP contribution < -0.4 is 21.5 Å². The number of pyridine rings is 2. The first kappa shape index (κ1) is 29.1. The van der Waals surface area contributed by atoms with E-state index in [0.29, 0.717) is 48.9 Å². The third-order valence-electron chi connectivity index (χ3n) is 8.94. The summed E-state index contributed by atoms with van der Waals surface area (Å²) in [7, 11) is 1.94. The van der Waals surface area contributed by atoms with Gasteiger partial charge in [0.25, 0.3) is 5.56 Å². The van der Waals surface area contributed by atoms with Gasteiger partial charge in [0.1, 0.15) is 5.65 Å². The Bertz CT molecular complexity index is 1850. The van der Waals surface area contributed by atoms with Crippen molar-refractivity contribution < 1.29 is 4.74 Å². The van der Waals surface area contributed by atoms with E-state index in [1.165, 1.54) is 0 Å². The Morgan fingerprint density at radius 2 is 1.73 bits per heavy atom. The number of rotatable bonds is 8. The van der Waals surface area contributed by atoms with Crippen LogP contribution in [0.5, 0.6) is 0 Å². The molecule has 0 amide bonds. The summed E-state index contributed by atoms with van der Waals surface area (Å²) >= 11 is 0. The van der Waals surface area contributed by atoms with Gasteiger partial charge in [0.15, 0.2) is 0 Å². The molecule has 7 rings (SSSR count). The van der Waals surface area contributed by atoms with Gasteiger partial charge in [0, 0.05) is 73.1 Å². The van der Waals surface area contributed by atoms with E-state index in [1.54, 1.807) is 24.9 Å². The highest BCUT2D eigenvalue weighted by molar-refractivity contribution is 5.83. The highest BCUT2D eigenvalue weighted by atomic mass is 16.5. The van der Waals surface area contributed by atoms with Gasteiger partial charge in [-0.2, -0.15) is 4.98 Å². The molecule has 0 radical (unpaired) electrons. The van der Waals surface area contributed by atoms with E-state index in [-0.39, 0.29) is 5.56 Å². The Balaban J connectivity index is 1.21. The summed E-state index contributed by atoms with van der Waals surface area (Å²) < 4.78 is 9.37. The molecule has 0 atom stereocenters. The van der Waals surface area contributed by atoms with Crippen molar-refractivity contribution in [1.82, 2.24) is 34.4 Å². The minimum absolute atomic E-state index is 0.0786. The van der Waals surface area contributed by atoms with Crippen molar-refractivity contribution in [3.8, 4) is 22.5 Å². The Morgan fingerprint density at radius 1 is 0.956 bits per heavy atom. The van der Waals surface area contributed by atoms with Crippen LogP contribution in [-0.4, -0.2) is 61.4 Å². The molecule has 4 aromatic heterocycles. The standard InChI is InChI=1S/C34H39N9O2/c1-22-15-30(31-19-36-21-42(31)2)37-18-29(22)28-16-24-17-38-34(41-32(24)43(33(28)44)20-23-9-13-45-14-10-23)40-26-5-3-25(4-6-26)39-27-7-11-35-12-8-27/h3-6,15-19,21,23,27,35,39H,7-14,20H2,1-2H3,(H,38,40,41). The first-order chi connectivity index (χ1) is 22.0. The van der Waals surface area contributed by atoms with E-state index in [9.17, 15) is 4.79 Å². The lowest BCUT2D eigenvalue weighted by Crippen LogP contribution is -2.35. The number of benzene rings is 1. The Labute approximate surface area is 262 Å². The molecule has 0 unspecified atom stereocenters. The smallest absolute Gasteiger partial charge is 0.260 e. The minimum Gasteiger partial charge on any atom is -0.382 e. The molecule has 11 heteroatoms. The van der Waals surface area contributed by atoms with Gasteiger partial charge in [0.05, 0.1) is 23.9 Å². The fourth-order valence-corrected chi connectivity index (χ4v) is 6.33. The van der Waals surface area contributed by atoms with Gasteiger partial charge in [-0.1, -0.05) is 0 Å². The topological polar surface area (TPSA) is 124 Å². The number of hydrogen-bond acceptors (Lipinski definition) is 9. The van der Waals surface area contributed by atoms with Crippen molar-refractivity contribution in [3.63, 3.8) is 0 Å². The molecule has 0 spiro atoms. The van der Waals surface area contributed by atoms with Gasteiger partial charge in [-0.3, -0.25) is 14.3 Å². The van der Waals surface area contributed by atoms with E-state index in [4.69, 9.17) is 14.7 Å².